The van der Waals surface area contributed by atoms with E-state index in [9.17, 15) is 9.90 Å². The number of nitrogens with zero attached hydrogens (tertiary/aromatic N) is 1. The van der Waals surface area contributed by atoms with Crippen LogP contribution < -0.4 is 5.32 Å². The molecule has 4 heteroatoms. The quantitative estimate of drug-likeness (QED) is 0.503. The summed E-state index contributed by atoms with van der Waals surface area (Å²) in [5, 5.41) is 12.3. The summed E-state index contributed by atoms with van der Waals surface area (Å²) in [6.07, 6.45) is 3.89. The number of amides is 1. The van der Waals surface area contributed by atoms with E-state index in [0.717, 1.165) is 19.4 Å². The number of aliphatic hydroxyl groups excluding tert-OH is 1. The number of rotatable bonds is 5. The van der Waals surface area contributed by atoms with Crippen LogP contribution in [-0.2, 0) is 4.79 Å². The number of β-amino-alcohol motifs (C(OH)–C–C–N with tert-alkyl or cyclic N) is 1. The highest BCUT2D eigenvalue weighted by atomic mass is 16.3. The topological polar surface area (TPSA) is 52.6 Å². The lowest BCUT2D eigenvalue weighted by Gasteiger charge is -2.20. The van der Waals surface area contributed by atoms with Crippen LogP contribution in [0, 0.1) is 0 Å². The predicted molar refractivity (Wildman–Crippen MR) is 59.5 cm³/mol. The Labute approximate surface area is 91.0 Å². The van der Waals surface area contributed by atoms with Gasteiger partial charge < -0.3 is 15.3 Å². The Bertz CT molecular complexity index is 231. The largest absolute Gasteiger partial charge is 0.392 e. The summed E-state index contributed by atoms with van der Waals surface area (Å²) in [6.45, 7) is 4.91. The molecule has 0 saturated carbocycles. The third-order valence-electron chi connectivity index (χ3n) is 2.68. The molecule has 1 amide bonds. The molecule has 1 fully saturated rings. The molecule has 2 N–H and O–H groups in total. The van der Waals surface area contributed by atoms with Crippen molar-refractivity contribution in [1.29, 1.82) is 0 Å². The van der Waals surface area contributed by atoms with Crippen LogP contribution in [0.25, 0.3) is 0 Å². The molecular weight excluding hydrogens is 192 g/mol. The maximum absolute atomic E-state index is 11.8. The zero-order chi connectivity index (χ0) is 11.3. The number of hydrogen-bond donors (Lipinski definition) is 2. The molecule has 0 bridgehead atoms. The van der Waals surface area contributed by atoms with Crippen LogP contribution in [0.15, 0.2) is 12.7 Å². The lowest BCUT2D eigenvalue weighted by molar-refractivity contribution is -0.131. The summed E-state index contributed by atoms with van der Waals surface area (Å²) >= 11 is 0. The second-order valence-corrected chi connectivity index (χ2v) is 4.04. The first-order valence-electron chi connectivity index (χ1n) is 5.42. The van der Waals surface area contributed by atoms with Crippen LogP contribution in [0.1, 0.15) is 19.3 Å². The average Bonchev–Trinajstić information content (AvgIpc) is 2.64. The first-order valence-corrected chi connectivity index (χ1v) is 5.42. The summed E-state index contributed by atoms with van der Waals surface area (Å²) in [4.78, 5) is 13.5. The first-order chi connectivity index (χ1) is 7.15. The van der Waals surface area contributed by atoms with Crippen LogP contribution in [0.5, 0.6) is 0 Å². The zero-order valence-corrected chi connectivity index (χ0v) is 9.28. The van der Waals surface area contributed by atoms with Crippen LogP contribution in [0.2, 0.25) is 0 Å². The molecule has 0 aliphatic carbocycles. The third kappa shape index (κ3) is 3.64. The fourth-order valence-corrected chi connectivity index (χ4v) is 1.75. The molecule has 1 heterocycles. The molecule has 0 aromatic rings. The summed E-state index contributed by atoms with van der Waals surface area (Å²) < 4.78 is 0. The van der Waals surface area contributed by atoms with E-state index < -0.39 is 0 Å². The van der Waals surface area contributed by atoms with Crippen LogP contribution in [0.3, 0.4) is 0 Å². The van der Waals surface area contributed by atoms with E-state index in [1.54, 1.807) is 11.9 Å². The predicted octanol–water partition coefficient (Wildman–Crippen LogP) is 0.134. The number of unbranched alkanes of at least 4 members (excludes halogenated alkanes) is 1. The molecule has 0 radical (unpaired) electrons. The molecule has 0 aromatic carbocycles. The highest BCUT2D eigenvalue weighted by Gasteiger charge is 2.29. The Morgan fingerprint density at radius 2 is 2.47 bits per heavy atom. The highest BCUT2D eigenvalue weighted by Crippen LogP contribution is 2.09. The lowest BCUT2D eigenvalue weighted by Crippen LogP contribution is -2.41. The first kappa shape index (κ1) is 12.2. The van der Waals surface area contributed by atoms with E-state index in [0.29, 0.717) is 13.0 Å². The monoisotopic (exact) mass is 212 g/mol. The van der Waals surface area contributed by atoms with E-state index in [4.69, 9.17) is 0 Å². The molecule has 2 atom stereocenters. The Morgan fingerprint density at radius 3 is 3.00 bits per heavy atom. The standard InChI is InChI=1S/C11H20N2O2/c1-3-4-5-6-13(2)11(15)10-7-9(14)8-12-10/h3,9-10,12,14H,1,4-8H2,2H3. The van der Waals surface area contributed by atoms with Crippen molar-refractivity contribution in [2.75, 3.05) is 20.1 Å². The van der Waals surface area contributed by atoms with E-state index in [-0.39, 0.29) is 18.1 Å². The van der Waals surface area contributed by atoms with Crippen molar-refractivity contribution in [3.63, 3.8) is 0 Å². The smallest absolute Gasteiger partial charge is 0.239 e. The molecule has 0 spiro atoms. The molecule has 0 aromatic heterocycles. The van der Waals surface area contributed by atoms with Gasteiger partial charge in [0.25, 0.3) is 0 Å². The van der Waals surface area contributed by atoms with E-state index in [2.05, 4.69) is 11.9 Å². The van der Waals surface area contributed by atoms with Crippen molar-refractivity contribution >= 4 is 5.91 Å². The number of aliphatic hydroxyl groups is 1. The van der Waals surface area contributed by atoms with E-state index in [1.165, 1.54) is 0 Å². The molecular formula is C11H20N2O2. The fourth-order valence-electron chi connectivity index (χ4n) is 1.75. The number of hydrogen-bond acceptors (Lipinski definition) is 3. The minimum Gasteiger partial charge on any atom is -0.392 e. The Hall–Kier alpha value is -0.870. The minimum absolute atomic E-state index is 0.0793. The van der Waals surface area contributed by atoms with E-state index >= 15 is 0 Å². The maximum atomic E-state index is 11.8. The zero-order valence-electron chi connectivity index (χ0n) is 9.28. The van der Waals surface area contributed by atoms with Crippen LogP contribution >= 0.6 is 0 Å². The number of allylic oxidation sites excluding steroid dienone is 1. The van der Waals surface area contributed by atoms with Crippen molar-refractivity contribution in [3.05, 3.63) is 12.7 Å². The van der Waals surface area contributed by atoms with Crippen molar-refractivity contribution in [2.24, 2.45) is 0 Å². The molecule has 1 rings (SSSR count). The molecule has 1 aliphatic rings. The third-order valence-corrected chi connectivity index (χ3v) is 2.68. The Kier molecular flexibility index (Phi) is 4.78. The van der Waals surface area contributed by atoms with Gasteiger partial charge in [0, 0.05) is 20.1 Å². The van der Waals surface area contributed by atoms with Gasteiger partial charge in [0.1, 0.15) is 0 Å². The summed E-state index contributed by atoms with van der Waals surface area (Å²) in [5.74, 6) is 0.0793. The van der Waals surface area contributed by atoms with Gasteiger partial charge in [0.2, 0.25) is 5.91 Å². The van der Waals surface area contributed by atoms with Gasteiger partial charge in [-0.3, -0.25) is 4.79 Å². The van der Waals surface area contributed by atoms with Gasteiger partial charge in [-0.15, -0.1) is 6.58 Å². The van der Waals surface area contributed by atoms with Crippen molar-refractivity contribution in [1.82, 2.24) is 10.2 Å². The van der Waals surface area contributed by atoms with Crippen molar-refractivity contribution < 1.29 is 9.90 Å². The van der Waals surface area contributed by atoms with Gasteiger partial charge in [0.15, 0.2) is 0 Å². The molecule has 15 heavy (non-hydrogen) atoms. The van der Waals surface area contributed by atoms with E-state index in [1.807, 2.05) is 6.08 Å². The maximum Gasteiger partial charge on any atom is 0.239 e. The number of carbonyl (C=O) groups excluding carboxylic acids is 1. The number of nitrogens with one attached hydrogen (secondary N) is 1. The van der Waals surface area contributed by atoms with Gasteiger partial charge >= 0.3 is 0 Å². The van der Waals surface area contributed by atoms with Gasteiger partial charge in [-0.1, -0.05) is 6.08 Å². The molecule has 2 unspecified atom stereocenters. The molecule has 86 valence electrons. The Morgan fingerprint density at radius 1 is 1.73 bits per heavy atom. The van der Waals surface area contributed by atoms with Crippen LogP contribution in [0.4, 0.5) is 0 Å². The number of carbonyl (C=O) groups is 1. The molecule has 1 saturated heterocycles. The fraction of sp³-hybridized carbons (Fsp3) is 0.727. The summed E-state index contributed by atoms with van der Waals surface area (Å²) in [5.41, 5.74) is 0. The summed E-state index contributed by atoms with van der Waals surface area (Å²) in [7, 11) is 1.80. The molecule has 4 nitrogen and oxygen atoms in total. The van der Waals surface area contributed by atoms with Crippen molar-refractivity contribution in [3.8, 4) is 0 Å². The number of likely N-dealkylation sites (N-methyl/N-ethyl adjacent to an activating group) is 1. The van der Waals surface area contributed by atoms with Crippen molar-refractivity contribution in [2.45, 2.75) is 31.4 Å². The Balaban J connectivity index is 2.29. The van der Waals surface area contributed by atoms with Gasteiger partial charge in [-0.25, -0.2) is 0 Å². The second-order valence-electron chi connectivity index (χ2n) is 4.04. The normalized spacial score (nSPS) is 25.2. The lowest BCUT2D eigenvalue weighted by atomic mass is 10.2. The van der Waals surface area contributed by atoms with Crippen LogP contribution in [-0.4, -0.2) is 48.2 Å². The van der Waals surface area contributed by atoms with Gasteiger partial charge in [-0.05, 0) is 19.3 Å². The molecule has 1 aliphatic heterocycles. The summed E-state index contributed by atoms with van der Waals surface area (Å²) in [6, 6.07) is -0.200. The SMILES string of the molecule is C=CCCCN(C)C(=O)C1CC(O)CN1. The van der Waals surface area contributed by atoms with Gasteiger partial charge in [0.05, 0.1) is 12.1 Å². The minimum atomic E-state index is -0.375. The average molecular weight is 212 g/mol. The second kappa shape index (κ2) is 5.88. The van der Waals surface area contributed by atoms with Gasteiger partial charge in [-0.2, -0.15) is 0 Å². The highest BCUT2D eigenvalue weighted by molar-refractivity contribution is 5.82.